The summed E-state index contributed by atoms with van der Waals surface area (Å²) in [5.41, 5.74) is 10.4. The number of hydrogen-bond acceptors (Lipinski definition) is 4. The molecule has 1 amide bonds. The number of nitrogens with zero attached hydrogens (tertiary/aromatic N) is 2. The predicted molar refractivity (Wildman–Crippen MR) is 119 cm³/mol. The third kappa shape index (κ3) is 4.38. The van der Waals surface area contributed by atoms with E-state index in [1.807, 2.05) is 30.5 Å². The first-order chi connectivity index (χ1) is 12.7. The minimum absolute atomic E-state index is 0. The second kappa shape index (κ2) is 9.73. The molecule has 0 spiro atoms. The molecule has 1 saturated heterocycles. The molecule has 1 aliphatic rings. The zero-order valence-electron chi connectivity index (χ0n) is 15.4. The lowest BCUT2D eigenvalue weighted by atomic mass is 9.95. The van der Waals surface area contributed by atoms with Gasteiger partial charge < -0.3 is 16.0 Å². The van der Waals surface area contributed by atoms with Gasteiger partial charge in [0.05, 0.1) is 5.52 Å². The summed E-state index contributed by atoms with van der Waals surface area (Å²) in [5, 5.41) is 4.47. The van der Waals surface area contributed by atoms with Crippen molar-refractivity contribution in [1.82, 2.24) is 10.3 Å². The van der Waals surface area contributed by atoms with E-state index in [1.165, 1.54) is 0 Å². The number of para-hydroxylation sites is 1. The van der Waals surface area contributed by atoms with Gasteiger partial charge in [0.15, 0.2) is 0 Å². The molecular formula is C21H24Cl2N4O. The first kappa shape index (κ1) is 22.0. The molecule has 148 valence electrons. The lowest BCUT2D eigenvalue weighted by Crippen LogP contribution is -2.44. The first-order valence-electron chi connectivity index (χ1n) is 8.94. The third-order valence-corrected chi connectivity index (χ3v) is 4.96. The Kier molecular flexibility index (Phi) is 7.63. The van der Waals surface area contributed by atoms with Crippen molar-refractivity contribution in [2.24, 2.45) is 5.73 Å². The number of carbonyl (C=O) groups excluding carboxylic acids is 1. The Morgan fingerprint density at radius 3 is 2.50 bits per heavy atom. The molecular weight excluding hydrogens is 395 g/mol. The van der Waals surface area contributed by atoms with Crippen LogP contribution in [0, 0.1) is 0 Å². The van der Waals surface area contributed by atoms with Gasteiger partial charge in [-0.2, -0.15) is 0 Å². The van der Waals surface area contributed by atoms with Gasteiger partial charge in [-0.1, -0.05) is 30.3 Å². The van der Waals surface area contributed by atoms with Gasteiger partial charge >= 0.3 is 0 Å². The molecule has 28 heavy (non-hydrogen) atoms. The van der Waals surface area contributed by atoms with Gasteiger partial charge in [-0.3, -0.25) is 9.78 Å². The normalized spacial score (nSPS) is 13.5. The fourth-order valence-electron chi connectivity index (χ4n) is 3.69. The molecule has 0 bridgehead atoms. The van der Waals surface area contributed by atoms with E-state index < -0.39 is 0 Å². The number of nitrogens with two attached hydrogens (primary N) is 1. The fraction of sp³-hybridized carbons (Fsp3) is 0.238. The number of hydrogen-bond donors (Lipinski definition) is 2. The van der Waals surface area contributed by atoms with Gasteiger partial charge in [-0.15, -0.1) is 24.8 Å². The highest BCUT2D eigenvalue weighted by Crippen LogP contribution is 2.29. The molecule has 1 aliphatic heterocycles. The highest BCUT2D eigenvalue weighted by Gasteiger charge is 2.19. The van der Waals surface area contributed by atoms with Crippen LogP contribution in [0.2, 0.25) is 0 Å². The Morgan fingerprint density at radius 2 is 1.75 bits per heavy atom. The van der Waals surface area contributed by atoms with Gasteiger partial charge in [0.25, 0.3) is 0 Å². The van der Waals surface area contributed by atoms with Crippen molar-refractivity contribution in [2.75, 3.05) is 31.1 Å². The summed E-state index contributed by atoms with van der Waals surface area (Å²) in [6.45, 7) is 3.72. The van der Waals surface area contributed by atoms with E-state index in [2.05, 4.69) is 39.5 Å². The first-order valence-corrected chi connectivity index (χ1v) is 8.94. The van der Waals surface area contributed by atoms with Crippen molar-refractivity contribution < 1.29 is 4.79 Å². The van der Waals surface area contributed by atoms with E-state index in [0.29, 0.717) is 12.0 Å². The smallest absolute Gasteiger partial charge is 0.249 e. The summed E-state index contributed by atoms with van der Waals surface area (Å²) in [6, 6.07) is 16.0. The van der Waals surface area contributed by atoms with Crippen molar-refractivity contribution in [1.29, 1.82) is 0 Å². The number of piperazine rings is 1. The van der Waals surface area contributed by atoms with Gasteiger partial charge in [0, 0.05) is 55.4 Å². The van der Waals surface area contributed by atoms with Crippen LogP contribution in [0.3, 0.4) is 0 Å². The molecule has 0 saturated carbocycles. The molecule has 3 aromatic rings. The topological polar surface area (TPSA) is 71.2 Å². The zero-order chi connectivity index (χ0) is 17.9. The molecule has 3 N–H and O–H groups in total. The van der Waals surface area contributed by atoms with Gasteiger partial charge in [0.2, 0.25) is 5.91 Å². The van der Waals surface area contributed by atoms with Crippen LogP contribution in [0.4, 0.5) is 5.69 Å². The largest absolute Gasteiger partial charge is 0.369 e. The molecule has 1 fully saturated rings. The maximum absolute atomic E-state index is 12.1. The van der Waals surface area contributed by atoms with Crippen LogP contribution in [0.15, 0.2) is 54.7 Å². The summed E-state index contributed by atoms with van der Waals surface area (Å²) in [7, 11) is 0. The Labute approximate surface area is 177 Å². The lowest BCUT2D eigenvalue weighted by Gasteiger charge is -2.32. The number of anilines is 1. The summed E-state index contributed by atoms with van der Waals surface area (Å²) in [5.74, 6) is -0.384. The standard InChI is InChI=1S/C21H22N4O.2ClH/c22-21(26)17-7-2-8-19(25-12-10-23-11-13-25)18(17)14-16-5-1-4-15-6-3-9-24-20(15)16;;/h1-9,23H,10-14H2,(H2,22,26);2*1H. The van der Waals surface area contributed by atoms with Crippen LogP contribution >= 0.6 is 24.8 Å². The second-order valence-corrected chi connectivity index (χ2v) is 6.57. The number of benzene rings is 2. The third-order valence-electron chi connectivity index (χ3n) is 4.96. The Balaban J connectivity index is 0.00000140. The van der Waals surface area contributed by atoms with Crippen molar-refractivity contribution in [3.63, 3.8) is 0 Å². The minimum atomic E-state index is -0.384. The number of rotatable bonds is 4. The molecule has 0 atom stereocenters. The number of pyridine rings is 1. The van der Waals surface area contributed by atoms with E-state index in [0.717, 1.165) is 53.9 Å². The number of aromatic nitrogens is 1. The molecule has 0 radical (unpaired) electrons. The highest BCUT2D eigenvalue weighted by atomic mass is 35.5. The van der Waals surface area contributed by atoms with Crippen molar-refractivity contribution in [3.05, 3.63) is 71.4 Å². The maximum atomic E-state index is 12.1. The minimum Gasteiger partial charge on any atom is -0.369 e. The summed E-state index contributed by atoms with van der Waals surface area (Å²) < 4.78 is 0. The number of fused-ring (bicyclic) bond motifs is 1. The molecule has 2 heterocycles. The molecule has 5 nitrogen and oxygen atoms in total. The second-order valence-electron chi connectivity index (χ2n) is 6.57. The van der Waals surface area contributed by atoms with E-state index in [-0.39, 0.29) is 30.7 Å². The van der Waals surface area contributed by atoms with E-state index in [1.54, 1.807) is 0 Å². The SMILES string of the molecule is Cl.Cl.NC(=O)c1cccc(N2CCNCC2)c1Cc1cccc2cccnc12. The average molecular weight is 419 g/mol. The molecule has 0 unspecified atom stereocenters. The van der Waals surface area contributed by atoms with Crippen LogP contribution in [0.25, 0.3) is 10.9 Å². The Bertz CT molecular complexity index is 953. The molecule has 1 aromatic heterocycles. The maximum Gasteiger partial charge on any atom is 0.249 e. The molecule has 2 aromatic carbocycles. The molecule has 0 aliphatic carbocycles. The fourth-order valence-corrected chi connectivity index (χ4v) is 3.69. The summed E-state index contributed by atoms with van der Waals surface area (Å²) >= 11 is 0. The van der Waals surface area contributed by atoms with E-state index >= 15 is 0 Å². The van der Waals surface area contributed by atoms with Crippen molar-refractivity contribution >= 4 is 47.3 Å². The van der Waals surface area contributed by atoms with Gasteiger partial charge in [-0.05, 0) is 29.3 Å². The monoisotopic (exact) mass is 418 g/mol. The van der Waals surface area contributed by atoms with Crippen LogP contribution in [0.5, 0.6) is 0 Å². The number of halogens is 2. The average Bonchev–Trinajstić information content (AvgIpc) is 2.69. The quantitative estimate of drug-likeness (QED) is 0.682. The Morgan fingerprint density at radius 1 is 1.04 bits per heavy atom. The van der Waals surface area contributed by atoms with Crippen LogP contribution < -0.4 is 16.0 Å². The molecule has 7 heteroatoms. The number of nitrogens with one attached hydrogen (secondary N) is 1. The van der Waals surface area contributed by atoms with Crippen molar-refractivity contribution in [2.45, 2.75) is 6.42 Å². The highest BCUT2D eigenvalue weighted by molar-refractivity contribution is 5.96. The van der Waals surface area contributed by atoms with E-state index in [9.17, 15) is 4.79 Å². The number of carbonyl (C=O) groups is 1. The zero-order valence-corrected chi connectivity index (χ0v) is 17.1. The summed E-state index contributed by atoms with van der Waals surface area (Å²) in [4.78, 5) is 19.0. The van der Waals surface area contributed by atoms with Gasteiger partial charge in [-0.25, -0.2) is 0 Å². The Hall–Kier alpha value is -2.34. The lowest BCUT2D eigenvalue weighted by molar-refractivity contribution is 0.0999. The van der Waals surface area contributed by atoms with Crippen LogP contribution in [-0.4, -0.2) is 37.1 Å². The van der Waals surface area contributed by atoms with Crippen molar-refractivity contribution in [3.8, 4) is 0 Å². The van der Waals surface area contributed by atoms with Gasteiger partial charge in [0.1, 0.15) is 0 Å². The summed E-state index contributed by atoms with van der Waals surface area (Å²) in [6.07, 6.45) is 2.44. The number of amides is 1. The predicted octanol–water partition coefficient (Wildman–Crippen LogP) is 3.18. The number of primary amides is 1. The van der Waals surface area contributed by atoms with E-state index in [4.69, 9.17) is 5.73 Å². The van der Waals surface area contributed by atoms with Crippen LogP contribution in [-0.2, 0) is 6.42 Å². The molecule has 4 rings (SSSR count). The van der Waals surface area contributed by atoms with Crippen LogP contribution in [0.1, 0.15) is 21.5 Å².